The van der Waals surface area contributed by atoms with E-state index in [1.165, 1.54) is 0 Å². The van der Waals surface area contributed by atoms with Crippen molar-refractivity contribution in [3.8, 4) is 0 Å². The van der Waals surface area contributed by atoms with Crippen molar-refractivity contribution in [2.24, 2.45) is 10.7 Å². The molecule has 1 heterocycles. The topological polar surface area (TPSA) is 76.7 Å². The van der Waals surface area contributed by atoms with Gasteiger partial charge in [0.05, 0.1) is 18.2 Å². The summed E-state index contributed by atoms with van der Waals surface area (Å²) in [6.07, 6.45) is 1.74. The summed E-state index contributed by atoms with van der Waals surface area (Å²) < 4.78 is 5.02. The number of esters is 1. The maximum absolute atomic E-state index is 11.8. The predicted octanol–water partition coefficient (Wildman–Crippen LogP) is 0.910. The molecule has 0 saturated carbocycles. The number of hydrogen-bond donors (Lipinski definition) is 2. The van der Waals surface area contributed by atoms with E-state index in [2.05, 4.69) is 10.3 Å². The van der Waals surface area contributed by atoms with Crippen LogP contribution in [0.1, 0.15) is 33.6 Å². The number of nitrogens with zero attached hydrogens (tertiary/aromatic N) is 1. The van der Waals surface area contributed by atoms with Crippen molar-refractivity contribution in [1.29, 1.82) is 0 Å². The van der Waals surface area contributed by atoms with Gasteiger partial charge in [0.15, 0.2) is 5.96 Å². The number of carbonyl (C=O) groups excluding carboxylic acids is 1. The van der Waals surface area contributed by atoms with Crippen LogP contribution in [-0.4, -0.2) is 24.6 Å². The van der Waals surface area contributed by atoms with Crippen LogP contribution in [0.15, 0.2) is 16.3 Å². The molecule has 0 amide bonds. The van der Waals surface area contributed by atoms with Crippen LogP contribution in [0.4, 0.5) is 0 Å². The molecule has 1 aliphatic rings. The molecule has 5 nitrogen and oxygen atoms in total. The molecule has 0 aliphatic carbocycles. The van der Waals surface area contributed by atoms with Gasteiger partial charge in [0, 0.05) is 5.70 Å². The number of hydrogen-bond acceptors (Lipinski definition) is 5. The maximum atomic E-state index is 11.8. The van der Waals surface area contributed by atoms with Crippen molar-refractivity contribution in [3.05, 3.63) is 11.3 Å². The Morgan fingerprint density at radius 2 is 2.25 bits per heavy atom. The molecule has 0 unspecified atom stereocenters. The fraction of sp³-hybridized carbons (Fsp3) is 0.636. The molecule has 16 heavy (non-hydrogen) atoms. The first kappa shape index (κ1) is 12.5. The van der Waals surface area contributed by atoms with Crippen molar-refractivity contribution in [1.82, 2.24) is 5.32 Å². The smallest absolute Gasteiger partial charge is 0.337 e. The van der Waals surface area contributed by atoms with Crippen LogP contribution in [0.2, 0.25) is 0 Å². The minimum absolute atomic E-state index is 0.176. The fourth-order valence-electron chi connectivity index (χ4n) is 1.75. The van der Waals surface area contributed by atoms with E-state index < -0.39 is 0 Å². The molecule has 1 atom stereocenters. The number of ether oxygens (including phenoxy) is 1. The largest absolute Gasteiger partial charge is 0.463 e. The lowest BCUT2D eigenvalue weighted by atomic mass is 10.00. The van der Waals surface area contributed by atoms with E-state index in [4.69, 9.17) is 10.5 Å². The quantitative estimate of drug-likeness (QED) is 0.697. The molecule has 0 spiro atoms. The summed E-state index contributed by atoms with van der Waals surface area (Å²) in [5.41, 5.74) is 6.97. The first-order valence-corrected chi connectivity index (χ1v) is 5.58. The van der Waals surface area contributed by atoms with E-state index in [-0.39, 0.29) is 12.0 Å². The number of guanidine groups is 1. The van der Waals surface area contributed by atoms with Crippen molar-refractivity contribution in [2.75, 3.05) is 6.61 Å². The van der Waals surface area contributed by atoms with Crippen LogP contribution >= 0.6 is 0 Å². The Balaban J connectivity index is 2.92. The predicted molar refractivity (Wildman–Crippen MR) is 62.8 cm³/mol. The molecule has 1 rings (SSSR count). The minimum Gasteiger partial charge on any atom is -0.463 e. The highest BCUT2D eigenvalue weighted by Crippen LogP contribution is 2.20. The van der Waals surface area contributed by atoms with Gasteiger partial charge in [-0.2, -0.15) is 0 Å². The molecule has 0 radical (unpaired) electrons. The highest BCUT2D eigenvalue weighted by atomic mass is 16.5. The number of nitrogens with two attached hydrogens (primary N) is 1. The van der Waals surface area contributed by atoms with Crippen molar-refractivity contribution >= 4 is 11.9 Å². The van der Waals surface area contributed by atoms with Gasteiger partial charge in [-0.25, -0.2) is 9.79 Å². The number of aliphatic imine (C=N–C) groups is 1. The summed E-state index contributed by atoms with van der Waals surface area (Å²) >= 11 is 0. The summed E-state index contributed by atoms with van der Waals surface area (Å²) in [7, 11) is 0. The van der Waals surface area contributed by atoms with Gasteiger partial charge in [-0.15, -0.1) is 0 Å². The molecule has 1 aliphatic heterocycles. The molecule has 90 valence electrons. The van der Waals surface area contributed by atoms with Crippen LogP contribution in [-0.2, 0) is 9.53 Å². The number of allylic oxidation sites excluding steroid dienone is 1. The number of carbonyl (C=O) groups is 1. The Morgan fingerprint density at radius 3 is 2.81 bits per heavy atom. The molecule has 5 heteroatoms. The molecule has 0 aromatic rings. The lowest BCUT2D eigenvalue weighted by Gasteiger charge is -2.23. The summed E-state index contributed by atoms with van der Waals surface area (Å²) in [4.78, 5) is 16.0. The molecule has 0 bridgehead atoms. The van der Waals surface area contributed by atoms with Gasteiger partial charge in [-0.05, 0) is 20.3 Å². The highest BCUT2D eigenvalue weighted by Gasteiger charge is 2.27. The third kappa shape index (κ3) is 2.74. The average Bonchev–Trinajstić information content (AvgIpc) is 2.17. The van der Waals surface area contributed by atoms with Gasteiger partial charge in [0.1, 0.15) is 0 Å². The Hall–Kier alpha value is -1.52. The number of rotatable bonds is 4. The van der Waals surface area contributed by atoms with Crippen molar-refractivity contribution in [2.45, 2.75) is 39.7 Å². The van der Waals surface area contributed by atoms with Crippen molar-refractivity contribution < 1.29 is 9.53 Å². The SMILES string of the molecule is CCC[C@@H]1N=C(N)NC(C)=C1C(=O)OCC. The molecular weight excluding hydrogens is 206 g/mol. The van der Waals surface area contributed by atoms with Crippen LogP contribution in [0.3, 0.4) is 0 Å². The Kier molecular flexibility index (Phi) is 4.34. The second-order valence-corrected chi connectivity index (χ2v) is 3.70. The third-order valence-electron chi connectivity index (χ3n) is 2.41. The molecule has 0 aromatic carbocycles. The Labute approximate surface area is 95.8 Å². The summed E-state index contributed by atoms with van der Waals surface area (Å²) in [6, 6.07) is -0.176. The van der Waals surface area contributed by atoms with E-state index in [9.17, 15) is 4.79 Å². The maximum Gasteiger partial charge on any atom is 0.337 e. The zero-order chi connectivity index (χ0) is 12.1. The summed E-state index contributed by atoms with van der Waals surface area (Å²) in [6.45, 7) is 6.02. The molecular formula is C11H19N3O2. The summed E-state index contributed by atoms with van der Waals surface area (Å²) in [5, 5.41) is 2.86. The normalized spacial score (nSPS) is 20.2. The standard InChI is InChI=1S/C11H19N3O2/c1-4-6-8-9(10(15)16-5-2)7(3)13-11(12)14-8/h8H,4-6H2,1-3H3,(H3,12,13,14)/t8-/m0/s1. The first-order valence-electron chi connectivity index (χ1n) is 5.58. The van der Waals surface area contributed by atoms with Gasteiger partial charge in [0.2, 0.25) is 0 Å². The van der Waals surface area contributed by atoms with E-state index in [1.54, 1.807) is 6.92 Å². The Morgan fingerprint density at radius 1 is 1.56 bits per heavy atom. The second kappa shape index (κ2) is 5.53. The van der Waals surface area contributed by atoms with E-state index in [1.807, 2.05) is 13.8 Å². The molecule has 0 fully saturated rings. The van der Waals surface area contributed by atoms with Crippen LogP contribution in [0.25, 0.3) is 0 Å². The average molecular weight is 225 g/mol. The van der Waals surface area contributed by atoms with Crippen molar-refractivity contribution in [3.63, 3.8) is 0 Å². The molecule has 0 saturated heterocycles. The van der Waals surface area contributed by atoms with E-state index in [0.29, 0.717) is 18.1 Å². The highest BCUT2D eigenvalue weighted by molar-refractivity contribution is 5.94. The van der Waals surface area contributed by atoms with E-state index >= 15 is 0 Å². The zero-order valence-corrected chi connectivity index (χ0v) is 10.0. The monoisotopic (exact) mass is 225 g/mol. The van der Waals surface area contributed by atoms with Gasteiger partial charge in [0.25, 0.3) is 0 Å². The first-order chi connectivity index (χ1) is 7.60. The van der Waals surface area contributed by atoms with Crippen LogP contribution in [0.5, 0.6) is 0 Å². The van der Waals surface area contributed by atoms with Crippen LogP contribution < -0.4 is 11.1 Å². The number of nitrogens with one attached hydrogen (secondary N) is 1. The minimum atomic E-state index is -0.304. The van der Waals surface area contributed by atoms with Gasteiger partial charge >= 0.3 is 5.97 Å². The van der Waals surface area contributed by atoms with Crippen LogP contribution in [0, 0.1) is 0 Å². The fourth-order valence-corrected chi connectivity index (χ4v) is 1.75. The lowest BCUT2D eigenvalue weighted by molar-refractivity contribution is -0.138. The van der Waals surface area contributed by atoms with E-state index in [0.717, 1.165) is 18.5 Å². The van der Waals surface area contributed by atoms with Gasteiger partial charge in [-0.1, -0.05) is 13.3 Å². The second-order valence-electron chi connectivity index (χ2n) is 3.70. The molecule has 3 N–H and O–H groups in total. The van der Waals surface area contributed by atoms with Gasteiger partial charge < -0.3 is 15.8 Å². The Bertz CT molecular complexity index is 334. The lowest BCUT2D eigenvalue weighted by Crippen LogP contribution is -2.39. The third-order valence-corrected chi connectivity index (χ3v) is 2.41. The zero-order valence-electron chi connectivity index (χ0n) is 10.0. The van der Waals surface area contributed by atoms with Gasteiger partial charge in [-0.3, -0.25) is 0 Å². The summed E-state index contributed by atoms with van der Waals surface area (Å²) in [5.74, 6) is 0.0613. The molecule has 0 aromatic heterocycles.